The molecule has 0 heterocycles. The monoisotopic (exact) mass is 327 g/mol. The highest BCUT2D eigenvalue weighted by atomic mass is 19.1. The molecule has 0 radical (unpaired) electrons. The molecule has 0 fully saturated rings. The SMILES string of the molecule is CCC(CC)(CNC(=O)c1cc(OC)c(OC)cc1F)C(=O)O. The van der Waals surface area contributed by atoms with Crippen LogP contribution in [-0.2, 0) is 4.79 Å². The molecule has 0 saturated carbocycles. The maximum absolute atomic E-state index is 14.0. The van der Waals surface area contributed by atoms with Crippen LogP contribution in [0.2, 0.25) is 0 Å². The zero-order valence-electron chi connectivity index (χ0n) is 13.7. The van der Waals surface area contributed by atoms with Gasteiger partial charge in [0.1, 0.15) is 5.82 Å². The molecule has 0 aromatic heterocycles. The Hall–Kier alpha value is -2.31. The van der Waals surface area contributed by atoms with Crippen LogP contribution in [0, 0.1) is 11.2 Å². The molecule has 7 heteroatoms. The van der Waals surface area contributed by atoms with E-state index in [1.165, 1.54) is 20.3 Å². The van der Waals surface area contributed by atoms with E-state index in [4.69, 9.17) is 9.47 Å². The molecule has 23 heavy (non-hydrogen) atoms. The molecule has 0 aliphatic carbocycles. The number of nitrogens with one attached hydrogen (secondary N) is 1. The Morgan fingerprint density at radius 1 is 1.17 bits per heavy atom. The summed E-state index contributed by atoms with van der Waals surface area (Å²) in [6, 6.07) is 2.28. The van der Waals surface area contributed by atoms with E-state index in [-0.39, 0.29) is 23.6 Å². The van der Waals surface area contributed by atoms with Crippen LogP contribution in [0.25, 0.3) is 0 Å². The fourth-order valence-corrected chi connectivity index (χ4v) is 2.25. The molecule has 0 spiro atoms. The van der Waals surface area contributed by atoms with Gasteiger partial charge in [0.15, 0.2) is 11.5 Å². The van der Waals surface area contributed by atoms with Crippen molar-refractivity contribution in [2.24, 2.45) is 5.41 Å². The quantitative estimate of drug-likeness (QED) is 0.766. The van der Waals surface area contributed by atoms with E-state index >= 15 is 0 Å². The molecule has 1 aromatic rings. The summed E-state index contributed by atoms with van der Waals surface area (Å²) < 4.78 is 24.0. The average molecular weight is 327 g/mol. The number of amides is 1. The van der Waals surface area contributed by atoms with Crippen LogP contribution >= 0.6 is 0 Å². The van der Waals surface area contributed by atoms with Crippen LogP contribution in [0.4, 0.5) is 4.39 Å². The van der Waals surface area contributed by atoms with Crippen molar-refractivity contribution in [3.8, 4) is 11.5 Å². The third-order valence-electron chi connectivity index (χ3n) is 4.11. The largest absolute Gasteiger partial charge is 0.493 e. The van der Waals surface area contributed by atoms with Crippen LogP contribution < -0.4 is 14.8 Å². The topological polar surface area (TPSA) is 84.9 Å². The second kappa shape index (κ2) is 7.80. The van der Waals surface area contributed by atoms with Crippen molar-refractivity contribution < 1.29 is 28.6 Å². The third-order valence-corrected chi connectivity index (χ3v) is 4.11. The highest BCUT2D eigenvalue weighted by Gasteiger charge is 2.35. The molecule has 1 aromatic carbocycles. The fraction of sp³-hybridized carbons (Fsp3) is 0.500. The first-order chi connectivity index (χ1) is 10.8. The number of methoxy groups -OCH3 is 2. The first-order valence-corrected chi connectivity index (χ1v) is 7.28. The predicted molar refractivity (Wildman–Crippen MR) is 82.5 cm³/mol. The highest BCUT2D eigenvalue weighted by molar-refractivity contribution is 5.95. The van der Waals surface area contributed by atoms with E-state index in [2.05, 4.69) is 5.32 Å². The van der Waals surface area contributed by atoms with Crippen molar-refractivity contribution in [1.29, 1.82) is 0 Å². The molecule has 6 nitrogen and oxygen atoms in total. The summed E-state index contributed by atoms with van der Waals surface area (Å²) in [7, 11) is 2.74. The first kappa shape index (κ1) is 18.7. The maximum Gasteiger partial charge on any atom is 0.311 e. The Morgan fingerprint density at radius 2 is 1.70 bits per heavy atom. The van der Waals surface area contributed by atoms with Crippen molar-refractivity contribution in [3.63, 3.8) is 0 Å². The number of hydrogen-bond acceptors (Lipinski definition) is 4. The number of halogens is 1. The minimum Gasteiger partial charge on any atom is -0.493 e. The van der Waals surface area contributed by atoms with Gasteiger partial charge in [-0.2, -0.15) is 0 Å². The minimum absolute atomic E-state index is 0.0814. The van der Waals surface area contributed by atoms with Crippen molar-refractivity contribution >= 4 is 11.9 Å². The van der Waals surface area contributed by atoms with E-state index in [0.29, 0.717) is 12.8 Å². The lowest BCUT2D eigenvalue weighted by atomic mass is 9.82. The Bertz CT molecular complexity index is 584. The van der Waals surface area contributed by atoms with E-state index in [9.17, 15) is 19.1 Å². The van der Waals surface area contributed by atoms with Gasteiger partial charge >= 0.3 is 5.97 Å². The molecule has 0 saturated heterocycles. The van der Waals surface area contributed by atoms with Crippen LogP contribution in [0.5, 0.6) is 11.5 Å². The highest BCUT2D eigenvalue weighted by Crippen LogP contribution is 2.30. The number of aliphatic carboxylic acids is 1. The number of ether oxygens (including phenoxy) is 2. The van der Waals surface area contributed by atoms with Crippen molar-refractivity contribution in [2.75, 3.05) is 20.8 Å². The molecule has 0 aliphatic rings. The molecule has 0 unspecified atom stereocenters. The molecule has 1 rings (SSSR count). The zero-order valence-corrected chi connectivity index (χ0v) is 13.7. The van der Waals surface area contributed by atoms with Crippen LogP contribution in [0.15, 0.2) is 12.1 Å². The van der Waals surface area contributed by atoms with Crippen molar-refractivity contribution in [1.82, 2.24) is 5.32 Å². The molecule has 0 atom stereocenters. The second-order valence-electron chi connectivity index (χ2n) is 5.16. The zero-order chi connectivity index (χ0) is 17.6. The van der Waals surface area contributed by atoms with Gasteiger partial charge in [0.2, 0.25) is 0 Å². The van der Waals surface area contributed by atoms with Gasteiger partial charge in [0, 0.05) is 12.6 Å². The Morgan fingerprint density at radius 3 is 2.13 bits per heavy atom. The van der Waals surface area contributed by atoms with Gasteiger partial charge in [0.05, 0.1) is 25.2 Å². The van der Waals surface area contributed by atoms with Crippen molar-refractivity contribution in [3.05, 3.63) is 23.5 Å². The Kier molecular flexibility index (Phi) is 6.36. The van der Waals surface area contributed by atoms with Crippen molar-refractivity contribution in [2.45, 2.75) is 26.7 Å². The van der Waals surface area contributed by atoms with Gasteiger partial charge in [-0.15, -0.1) is 0 Å². The number of carbonyl (C=O) groups excluding carboxylic acids is 1. The summed E-state index contributed by atoms with van der Waals surface area (Å²) >= 11 is 0. The summed E-state index contributed by atoms with van der Waals surface area (Å²) in [4.78, 5) is 23.6. The third kappa shape index (κ3) is 3.91. The summed E-state index contributed by atoms with van der Waals surface area (Å²) in [5.74, 6) is -2.07. The lowest BCUT2D eigenvalue weighted by Gasteiger charge is -2.26. The minimum atomic E-state index is -1.07. The van der Waals surface area contributed by atoms with E-state index < -0.39 is 23.1 Å². The molecule has 0 aliphatic heterocycles. The second-order valence-corrected chi connectivity index (χ2v) is 5.16. The summed E-state index contributed by atoms with van der Waals surface area (Å²) in [6.45, 7) is 3.39. The summed E-state index contributed by atoms with van der Waals surface area (Å²) in [5.41, 5.74) is -1.29. The summed E-state index contributed by atoms with van der Waals surface area (Å²) in [5, 5.41) is 11.8. The molecule has 128 valence electrons. The first-order valence-electron chi connectivity index (χ1n) is 7.28. The standard InChI is InChI=1S/C16H22FNO5/c1-5-16(6-2,15(20)21)9-18-14(19)10-7-12(22-3)13(23-4)8-11(10)17/h7-8H,5-6,9H2,1-4H3,(H,18,19)(H,20,21). The van der Waals surface area contributed by atoms with Gasteiger partial charge < -0.3 is 19.9 Å². The number of carboxylic acid groups (broad SMARTS) is 1. The van der Waals surface area contributed by atoms with Crippen LogP contribution in [-0.4, -0.2) is 37.7 Å². The van der Waals surface area contributed by atoms with Gasteiger partial charge in [-0.3, -0.25) is 9.59 Å². The van der Waals surface area contributed by atoms with Crippen LogP contribution in [0.3, 0.4) is 0 Å². The molecule has 1 amide bonds. The Labute approximate surface area is 134 Å². The normalized spacial score (nSPS) is 11.0. The number of hydrogen-bond donors (Lipinski definition) is 2. The maximum atomic E-state index is 14.0. The predicted octanol–water partition coefficient (Wildman–Crippen LogP) is 2.46. The smallest absolute Gasteiger partial charge is 0.311 e. The lowest BCUT2D eigenvalue weighted by Crippen LogP contribution is -2.42. The van der Waals surface area contributed by atoms with Gasteiger partial charge in [0.25, 0.3) is 5.91 Å². The number of benzene rings is 1. The fourth-order valence-electron chi connectivity index (χ4n) is 2.25. The Balaban J connectivity index is 3.00. The van der Waals surface area contributed by atoms with Gasteiger partial charge in [-0.25, -0.2) is 4.39 Å². The molecule has 0 bridgehead atoms. The number of carboxylic acids is 1. The molecular formula is C16H22FNO5. The summed E-state index contributed by atoms with van der Waals surface area (Å²) in [6.07, 6.45) is 0.709. The van der Waals surface area contributed by atoms with Gasteiger partial charge in [-0.05, 0) is 18.9 Å². The number of rotatable bonds is 8. The van der Waals surface area contributed by atoms with Crippen LogP contribution in [0.1, 0.15) is 37.0 Å². The number of carbonyl (C=O) groups is 2. The average Bonchev–Trinajstić information content (AvgIpc) is 2.55. The molecular weight excluding hydrogens is 305 g/mol. The lowest BCUT2D eigenvalue weighted by molar-refractivity contribution is -0.149. The van der Waals surface area contributed by atoms with Gasteiger partial charge in [-0.1, -0.05) is 13.8 Å². The molecule has 2 N–H and O–H groups in total. The van der Waals surface area contributed by atoms with E-state index in [0.717, 1.165) is 6.07 Å². The van der Waals surface area contributed by atoms with E-state index in [1.807, 2.05) is 0 Å². The van der Waals surface area contributed by atoms with E-state index in [1.54, 1.807) is 13.8 Å².